The minimum Gasteiger partial charge on any atom is -0.317 e. The van der Waals surface area contributed by atoms with Crippen molar-refractivity contribution in [2.75, 3.05) is 5.75 Å². The second-order valence-corrected chi connectivity index (χ2v) is 8.61. The highest BCUT2D eigenvalue weighted by Crippen LogP contribution is 2.32. The highest BCUT2D eigenvalue weighted by molar-refractivity contribution is 7.99. The number of fused-ring (bicyclic) bond motifs is 1. The van der Waals surface area contributed by atoms with E-state index in [4.69, 9.17) is 9.98 Å². The molecule has 3 aromatic rings. The maximum absolute atomic E-state index is 4.85. The summed E-state index contributed by atoms with van der Waals surface area (Å²) in [7, 11) is 0. The van der Waals surface area contributed by atoms with Crippen LogP contribution in [0.25, 0.3) is 11.3 Å². The molecule has 132 valence electrons. The maximum atomic E-state index is 4.85. The van der Waals surface area contributed by atoms with Crippen LogP contribution in [-0.2, 0) is 12.0 Å². The standard InChI is InChI=1S/C22H23N3S/c1-22(2,3)17-9-11-18(12-10-17)23-15-19-20(16-7-5-4-6-8-16)24-21-25(19)13-14-26-21/h4-12,15H,13-14H2,1-3H3. The van der Waals surface area contributed by atoms with Gasteiger partial charge in [-0.25, -0.2) is 4.98 Å². The van der Waals surface area contributed by atoms with Gasteiger partial charge in [-0.2, -0.15) is 0 Å². The molecule has 1 aliphatic heterocycles. The van der Waals surface area contributed by atoms with Gasteiger partial charge in [0.2, 0.25) is 0 Å². The molecule has 0 N–H and O–H groups in total. The highest BCUT2D eigenvalue weighted by atomic mass is 32.2. The number of aromatic nitrogens is 2. The summed E-state index contributed by atoms with van der Waals surface area (Å²) in [6.07, 6.45) is 1.97. The summed E-state index contributed by atoms with van der Waals surface area (Å²) in [5.41, 5.74) is 5.70. The summed E-state index contributed by atoms with van der Waals surface area (Å²) in [5.74, 6) is 1.08. The molecular formula is C22H23N3S. The molecule has 4 rings (SSSR count). The van der Waals surface area contributed by atoms with Crippen LogP contribution in [0.15, 0.2) is 64.7 Å². The number of hydrogen-bond acceptors (Lipinski definition) is 3. The lowest BCUT2D eigenvalue weighted by Gasteiger charge is -2.18. The van der Waals surface area contributed by atoms with Crippen molar-refractivity contribution in [1.82, 2.24) is 9.55 Å². The fourth-order valence-corrected chi connectivity index (χ4v) is 4.08. The fourth-order valence-electron chi connectivity index (χ4n) is 3.12. The number of hydrogen-bond donors (Lipinski definition) is 0. The Morgan fingerprint density at radius 1 is 1.04 bits per heavy atom. The van der Waals surface area contributed by atoms with Crippen molar-refractivity contribution < 1.29 is 0 Å². The van der Waals surface area contributed by atoms with Crippen molar-refractivity contribution in [2.45, 2.75) is 37.9 Å². The molecule has 2 aromatic carbocycles. The lowest BCUT2D eigenvalue weighted by molar-refractivity contribution is 0.590. The molecule has 0 bridgehead atoms. The molecule has 1 aliphatic rings. The Kier molecular flexibility index (Phi) is 4.45. The summed E-state index contributed by atoms with van der Waals surface area (Å²) in [6, 6.07) is 18.9. The van der Waals surface area contributed by atoms with Gasteiger partial charge in [-0.1, -0.05) is 75.0 Å². The Hall–Kier alpha value is -2.33. The largest absolute Gasteiger partial charge is 0.317 e. The van der Waals surface area contributed by atoms with Crippen LogP contribution in [0.5, 0.6) is 0 Å². The van der Waals surface area contributed by atoms with Crippen molar-refractivity contribution in [3.8, 4) is 11.3 Å². The van der Waals surface area contributed by atoms with Crippen molar-refractivity contribution in [2.24, 2.45) is 4.99 Å². The van der Waals surface area contributed by atoms with E-state index >= 15 is 0 Å². The quantitative estimate of drug-likeness (QED) is 0.560. The van der Waals surface area contributed by atoms with E-state index in [-0.39, 0.29) is 5.41 Å². The zero-order valence-corrected chi connectivity index (χ0v) is 16.3. The third-order valence-electron chi connectivity index (χ3n) is 4.63. The van der Waals surface area contributed by atoms with Crippen molar-refractivity contribution in [3.63, 3.8) is 0 Å². The topological polar surface area (TPSA) is 30.2 Å². The predicted molar refractivity (Wildman–Crippen MR) is 111 cm³/mol. The Labute approximate surface area is 159 Å². The second kappa shape index (κ2) is 6.76. The molecule has 0 spiro atoms. The summed E-state index contributed by atoms with van der Waals surface area (Å²) < 4.78 is 2.28. The van der Waals surface area contributed by atoms with E-state index in [9.17, 15) is 0 Å². The average molecular weight is 362 g/mol. The highest BCUT2D eigenvalue weighted by Gasteiger charge is 2.21. The molecule has 0 saturated heterocycles. The normalized spacial score (nSPS) is 14.1. The summed E-state index contributed by atoms with van der Waals surface area (Å²) >= 11 is 1.81. The van der Waals surface area contributed by atoms with E-state index in [0.29, 0.717) is 0 Å². The number of benzene rings is 2. The molecule has 0 saturated carbocycles. The average Bonchev–Trinajstić information content (AvgIpc) is 3.22. The maximum Gasteiger partial charge on any atom is 0.169 e. The van der Waals surface area contributed by atoms with Crippen LogP contribution in [-0.4, -0.2) is 21.5 Å². The van der Waals surface area contributed by atoms with Crippen LogP contribution in [0.1, 0.15) is 32.0 Å². The summed E-state index contributed by atoms with van der Waals surface area (Å²) in [6.45, 7) is 7.67. The van der Waals surface area contributed by atoms with Gasteiger partial charge in [0.05, 0.1) is 23.3 Å². The SMILES string of the molecule is CC(C)(C)c1ccc(N=Cc2c(-c3ccccc3)nc3n2CCS3)cc1. The number of imidazole rings is 1. The van der Waals surface area contributed by atoms with Gasteiger partial charge >= 0.3 is 0 Å². The van der Waals surface area contributed by atoms with E-state index in [0.717, 1.165) is 40.1 Å². The number of rotatable bonds is 3. The minimum atomic E-state index is 0.159. The molecule has 0 radical (unpaired) electrons. The first kappa shape index (κ1) is 17.1. The first-order valence-corrected chi connectivity index (χ1v) is 9.94. The van der Waals surface area contributed by atoms with E-state index in [1.54, 1.807) is 0 Å². The molecule has 0 unspecified atom stereocenters. The van der Waals surface area contributed by atoms with Gasteiger partial charge in [0.25, 0.3) is 0 Å². The number of thioether (sulfide) groups is 1. The molecule has 2 heterocycles. The van der Waals surface area contributed by atoms with Crippen LogP contribution in [0, 0.1) is 0 Å². The van der Waals surface area contributed by atoms with Crippen LogP contribution < -0.4 is 0 Å². The van der Waals surface area contributed by atoms with Gasteiger partial charge in [0.15, 0.2) is 5.16 Å². The zero-order chi connectivity index (χ0) is 18.1. The predicted octanol–water partition coefficient (Wildman–Crippen LogP) is 5.70. The summed E-state index contributed by atoms with van der Waals surface area (Å²) in [4.78, 5) is 9.59. The number of aliphatic imine (C=N–C) groups is 1. The van der Waals surface area contributed by atoms with E-state index < -0.39 is 0 Å². The van der Waals surface area contributed by atoms with Crippen LogP contribution in [0.4, 0.5) is 5.69 Å². The third-order valence-corrected chi connectivity index (χ3v) is 5.59. The molecule has 1 aromatic heterocycles. The number of nitrogens with zero attached hydrogens (tertiary/aromatic N) is 3. The second-order valence-electron chi connectivity index (χ2n) is 7.55. The van der Waals surface area contributed by atoms with Gasteiger partial charge in [-0.3, -0.25) is 4.99 Å². The molecule has 26 heavy (non-hydrogen) atoms. The van der Waals surface area contributed by atoms with Crippen LogP contribution >= 0.6 is 11.8 Å². The van der Waals surface area contributed by atoms with Gasteiger partial charge in [-0.15, -0.1) is 0 Å². The third kappa shape index (κ3) is 3.34. The van der Waals surface area contributed by atoms with Gasteiger partial charge in [0, 0.05) is 17.9 Å². The van der Waals surface area contributed by atoms with Crippen LogP contribution in [0.3, 0.4) is 0 Å². The Morgan fingerprint density at radius 2 is 1.77 bits per heavy atom. The lowest BCUT2D eigenvalue weighted by atomic mass is 9.87. The van der Waals surface area contributed by atoms with Crippen molar-refractivity contribution >= 4 is 23.7 Å². The monoisotopic (exact) mass is 361 g/mol. The van der Waals surface area contributed by atoms with Gasteiger partial charge in [0.1, 0.15) is 0 Å². The fraction of sp³-hybridized carbons (Fsp3) is 0.273. The first-order valence-electron chi connectivity index (χ1n) is 8.96. The smallest absolute Gasteiger partial charge is 0.169 e. The van der Waals surface area contributed by atoms with Crippen LogP contribution in [0.2, 0.25) is 0 Å². The van der Waals surface area contributed by atoms with E-state index in [1.165, 1.54) is 5.56 Å². The van der Waals surface area contributed by atoms with E-state index in [1.807, 2.05) is 24.0 Å². The molecular weight excluding hydrogens is 338 g/mol. The molecule has 4 heteroatoms. The van der Waals surface area contributed by atoms with Gasteiger partial charge in [-0.05, 0) is 23.1 Å². The Bertz CT molecular complexity index is 932. The summed E-state index contributed by atoms with van der Waals surface area (Å²) in [5, 5.41) is 1.09. The minimum absolute atomic E-state index is 0.159. The zero-order valence-electron chi connectivity index (χ0n) is 15.4. The van der Waals surface area contributed by atoms with Crippen molar-refractivity contribution in [3.05, 3.63) is 65.9 Å². The molecule has 0 amide bonds. The Balaban J connectivity index is 1.69. The molecule has 0 aliphatic carbocycles. The lowest BCUT2D eigenvalue weighted by Crippen LogP contribution is -2.10. The molecule has 3 nitrogen and oxygen atoms in total. The Morgan fingerprint density at radius 3 is 2.46 bits per heavy atom. The van der Waals surface area contributed by atoms with E-state index in [2.05, 4.69) is 73.9 Å². The van der Waals surface area contributed by atoms with Crippen molar-refractivity contribution in [1.29, 1.82) is 0 Å². The molecule has 0 fully saturated rings. The first-order chi connectivity index (χ1) is 12.5. The van der Waals surface area contributed by atoms with Gasteiger partial charge < -0.3 is 4.57 Å². The molecule has 0 atom stereocenters.